The van der Waals surface area contributed by atoms with Gasteiger partial charge in [-0.1, -0.05) is 26.0 Å². The number of carbonyl (C=O) groups excluding carboxylic acids is 1. The summed E-state index contributed by atoms with van der Waals surface area (Å²) in [7, 11) is 0. The lowest BCUT2D eigenvalue weighted by Gasteiger charge is -2.33. The van der Waals surface area contributed by atoms with Crippen LogP contribution in [0.25, 0.3) is 0 Å². The topological polar surface area (TPSA) is 81.1 Å². The van der Waals surface area contributed by atoms with Crippen LogP contribution in [0.5, 0.6) is 0 Å². The third-order valence-corrected chi connectivity index (χ3v) is 2.94. The summed E-state index contributed by atoms with van der Waals surface area (Å²) in [6, 6.07) is 7.25. The van der Waals surface area contributed by atoms with Gasteiger partial charge in [-0.15, -0.1) is 0 Å². The normalized spacial score (nSPS) is 14.3. The molecule has 1 aromatic carbocycles. The Labute approximate surface area is 109 Å². The number of nitrogens with two attached hydrogens (primary N) is 2. The maximum absolute atomic E-state index is 11.4. The fourth-order valence-corrected chi connectivity index (χ4v) is 2.22. The second-order valence-corrected chi connectivity index (χ2v) is 5.40. The molecule has 0 heterocycles. The first-order valence-corrected chi connectivity index (χ1v) is 6.25. The van der Waals surface area contributed by atoms with Crippen LogP contribution in [0.4, 0.5) is 5.69 Å². The van der Waals surface area contributed by atoms with Gasteiger partial charge in [0.1, 0.15) is 0 Å². The molecule has 0 spiro atoms. The number of nitrogens with one attached hydrogen (secondary N) is 1. The standard InChI is InChI=1S/C14H23N3O/c1-10(2)8-14(3,9-15)17-12-7-5-4-6-11(12)13(16)18/h4-7,10,17H,8-9,15H2,1-3H3,(H2,16,18). The zero-order valence-corrected chi connectivity index (χ0v) is 11.4. The van der Waals surface area contributed by atoms with Crippen molar-refractivity contribution in [2.45, 2.75) is 32.7 Å². The van der Waals surface area contributed by atoms with Gasteiger partial charge in [0.2, 0.25) is 0 Å². The highest BCUT2D eigenvalue weighted by atomic mass is 16.1. The number of rotatable bonds is 6. The van der Waals surface area contributed by atoms with Crippen LogP contribution in [0.2, 0.25) is 0 Å². The fraction of sp³-hybridized carbons (Fsp3) is 0.500. The van der Waals surface area contributed by atoms with Gasteiger partial charge < -0.3 is 16.8 Å². The smallest absolute Gasteiger partial charge is 0.250 e. The number of primary amides is 1. The molecule has 18 heavy (non-hydrogen) atoms. The van der Waals surface area contributed by atoms with Gasteiger partial charge in [0, 0.05) is 17.8 Å². The van der Waals surface area contributed by atoms with Crippen molar-refractivity contribution in [1.29, 1.82) is 0 Å². The summed E-state index contributed by atoms with van der Waals surface area (Å²) in [5, 5.41) is 3.36. The van der Waals surface area contributed by atoms with E-state index >= 15 is 0 Å². The average Bonchev–Trinajstić information content (AvgIpc) is 2.28. The van der Waals surface area contributed by atoms with E-state index in [0.717, 1.165) is 12.1 Å². The molecule has 1 atom stereocenters. The molecule has 0 saturated heterocycles. The van der Waals surface area contributed by atoms with Gasteiger partial charge >= 0.3 is 0 Å². The molecule has 4 heteroatoms. The molecule has 0 saturated carbocycles. The number of benzene rings is 1. The van der Waals surface area contributed by atoms with Crippen molar-refractivity contribution < 1.29 is 4.79 Å². The van der Waals surface area contributed by atoms with Crippen molar-refractivity contribution in [2.24, 2.45) is 17.4 Å². The van der Waals surface area contributed by atoms with Gasteiger partial charge in [-0.25, -0.2) is 0 Å². The molecule has 100 valence electrons. The van der Waals surface area contributed by atoms with Crippen molar-refractivity contribution in [1.82, 2.24) is 0 Å². The number of hydrogen-bond acceptors (Lipinski definition) is 3. The molecule has 1 amide bonds. The molecule has 4 nitrogen and oxygen atoms in total. The molecule has 5 N–H and O–H groups in total. The van der Waals surface area contributed by atoms with Gasteiger partial charge in [-0.05, 0) is 31.4 Å². The average molecular weight is 249 g/mol. The summed E-state index contributed by atoms with van der Waals surface area (Å²) in [4.78, 5) is 11.4. The van der Waals surface area contributed by atoms with Crippen LogP contribution in [-0.2, 0) is 0 Å². The van der Waals surface area contributed by atoms with Crippen LogP contribution < -0.4 is 16.8 Å². The van der Waals surface area contributed by atoms with E-state index < -0.39 is 5.91 Å². The van der Waals surface area contributed by atoms with Crippen LogP contribution >= 0.6 is 0 Å². The summed E-state index contributed by atoms with van der Waals surface area (Å²) in [6.07, 6.45) is 0.927. The minimum atomic E-state index is -0.429. The first kappa shape index (κ1) is 14.5. The van der Waals surface area contributed by atoms with Gasteiger partial charge in [0.05, 0.1) is 5.56 Å². The Bertz CT molecular complexity index is 417. The van der Waals surface area contributed by atoms with Crippen molar-refractivity contribution in [3.05, 3.63) is 29.8 Å². The number of carbonyl (C=O) groups is 1. The van der Waals surface area contributed by atoms with E-state index in [1.807, 2.05) is 12.1 Å². The molecule has 0 aliphatic carbocycles. The van der Waals surface area contributed by atoms with Crippen LogP contribution in [0.3, 0.4) is 0 Å². The quantitative estimate of drug-likeness (QED) is 0.721. The summed E-state index contributed by atoms with van der Waals surface area (Å²) >= 11 is 0. The minimum absolute atomic E-state index is 0.236. The second kappa shape index (κ2) is 5.87. The van der Waals surface area contributed by atoms with Crippen LogP contribution in [-0.4, -0.2) is 18.0 Å². The molecular formula is C14H23N3O. The monoisotopic (exact) mass is 249 g/mol. The zero-order chi connectivity index (χ0) is 13.8. The third kappa shape index (κ3) is 3.74. The highest BCUT2D eigenvalue weighted by Gasteiger charge is 2.24. The van der Waals surface area contributed by atoms with E-state index in [1.54, 1.807) is 12.1 Å². The van der Waals surface area contributed by atoms with Crippen molar-refractivity contribution in [3.8, 4) is 0 Å². The predicted molar refractivity (Wildman–Crippen MR) is 75.5 cm³/mol. The zero-order valence-electron chi connectivity index (χ0n) is 11.4. The van der Waals surface area contributed by atoms with Gasteiger partial charge in [-0.3, -0.25) is 4.79 Å². The highest BCUT2D eigenvalue weighted by Crippen LogP contribution is 2.24. The molecule has 0 fully saturated rings. The van der Waals surface area contributed by atoms with E-state index in [1.165, 1.54) is 0 Å². The summed E-state index contributed by atoms with van der Waals surface area (Å²) in [6.45, 7) is 6.86. The van der Waals surface area contributed by atoms with E-state index in [-0.39, 0.29) is 5.54 Å². The van der Waals surface area contributed by atoms with Gasteiger partial charge in [0.25, 0.3) is 5.91 Å². The maximum Gasteiger partial charge on any atom is 0.250 e. The summed E-state index contributed by atoms with van der Waals surface area (Å²) in [5.74, 6) is 0.0915. The van der Waals surface area contributed by atoms with E-state index in [2.05, 4.69) is 26.1 Å². The molecule has 0 aromatic heterocycles. The minimum Gasteiger partial charge on any atom is -0.378 e. The van der Waals surface area contributed by atoms with Gasteiger partial charge in [-0.2, -0.15) is 0 Å². The molecule has 1 aromatic rings. The van der Waals surface area contributed by atoms with Gasteiger partial charge in [0.15, 0.2) is 0 Å². The molecule has 1 rings (SSSR count). The summed E-state index contributed by atoms with van der Waals surface area (Å²) < 4.78 is 0. The lowest BCUT2D eigenvalue weighted by Crippen LogP contribution is -2.44. The lowest BCUT2D eigenvalue weighted by molar-refractivity contribution is 0.100. The van der Waals surface area contributed by atoms with Crippen molar-refractivity contribution >= 4 is 11.6 Å². The Morgan fingerprint density at radius 1 is 1.39 bits per heavy atom. The molecule has 0 aliphatic rings. The summed E-state index contributed by atoms with van der Waals surface area (Å²) in [5.41, 5.74) is 12.2. The fourth-order valence-electron chi connectivity index (χ4n) is 2.22. The van der Waals surface area contributed by atoms with Crippen LogP contribution in [0.1, 0.15) is 37.6 Å². The molecule has 0 bridgehead atoms. The van der Waals surface area contributed by atoms with Crippen molar-refractivity contribution in [2.75, 3.05) is 11.9 Å². The maximum atomic E-state index is 11.4. The Morgan fingerprint density at radius 2 is 2.00 bits per heavy atom. The Kier molecular flexibility index (Phi) is 4.73. The Morgan fingerprint density at radius 3 is 2.50 bits per heavy atom. The number of hydrogen-bond donors (Lipinski definition) is 3. The predicted octanol–water partition coefficient (Wildman–Crippen LogP) is 1.96. The highest BCUT2D eigenvalue weighted by molar-refractivity contribution is 5.98. The first-order valence-electron chi connectivity index (χ1n) is 6.25. The lowest BCUT2D eigenvalue weighted by atomic mass is 9.90. The molecule has 0 aliphatic heterocycles. The van der Waals surface area contributed by atoms with Crippen LogP contribution in [0, 0.1) is 5.92 Å². The van der Waals surface area contributed by atoms with E-state index in [4.69, 9.17) is 11.5 Å². The Hall–Kier alpha value is -1.55. The van der Waals surface area contributed by atoms with Crippen LogP contribution in [0.15, 0.2) is 24.3 Å². The molecular weight excluding hydrogens is 226 g/mol. The second-order valence-electron chi connectivity index (χ2n) is 5.40. The molecule has 0 radical (unpaired) electrons. The molecule has 1 unspecified atom stereocenters. The first-order chi connectivity index (χ1) is 8.38. The van der Waals surface area contributed by atoms with E-state index in [0.29, 0.717) is 18.0 Å². The number of amides is 1. The third-order valence-electron chi connectivity index (χ3n) is 2.94. The Balaban J connectivity index is 2.98. The SMILES string of the molecule is CC(C)CC(C)(CN)Nc1ccccc1C(N)=O. The number of para-hydroxylation sites is 1. The largest absolute Gasteiger partial charge is 0.378 e. The van der Waals surface area contributed by atoms with Crippen molar-refractivity contribution in [3.63, 3.8) is 0 Å². The number of anilines is 1. The van der Waals surface area contributed by atoms with E-state index in [9.17, 15) is 4.79 Å².